The molecule has 0 bridgehead atoms. The summed E-state index contributed by atoms with van der Waals surface area (Å²) < 4.78 is 18.4. The summed E-state index contributed by atoms with van der Waals surface area (Å²) in [5.41, 5.74) is 2.87. The first-order valence-corrected chi connectivity index (χ1v) is 6.67. The number of benzene rings is 2. The van der Waals surface area contributed by atoms with Crippen LogP contribution >= 0.6 is 0 Å². The lowest BCUT2D eigenvalue weighted by atomic mass is 10.1. The Morgan fingerprint density at radius 1 is 1.14 bits per heavy atom. The predicted molar refractivity (Wildman–Crippen MR) is 78.1 cm³/mol. The van der Waals surface area contributed by atoms with Gasteiger partial charge in [-0.1, -0.05) is 18.2 Å². The average Bonchev–Trinajstić information content (AvgIpc) is 2.44. The number of carboxylic acids is 1. The van der Waals surface area contributed by atoms with Crippen molar-refractivity contribution in [2.75, 3.05) is 0 Å². The number of halogens is 1. The smallest absolute Gasteiger partial charge is 0.345 e. The van der Waals surface area contributed by atoms with E-state index < -0.39 is 12.1 Å². The van der Waals surface area contributed by atoms with Gasteiger partial charge >= 0.3 is 5.97 Å². The van der Waals surface area contributed by atoms with Crippen molar-refractivity contribution in [3.8, 4) is 5.75 Å². The molecule has 1 atom stereocenters. The van der Waals surface area contributed by atoms with Crippen molar-refractivity contribution in [3.63, 3.8) is 0 Å². The number of hydrogen-bond donors (Lipinski definition) is 1. The number of carbonyl (C=O) groups is 1. The van der Waals surface area contributed by atoms with Gasteiger partial charge in [0, 0.05) is 6.42 Å². The second kappa shape index (κ2) is 6.39. The fourth-order valence-electron chi connectivity index (χ4n) is 1.97. The molecule has 0 aliphatic rings. The summed E-state index contributed by atoms with van der Waals surface area (Å²) in [6.45, 7) is 3.92. The van der Waals surface area contributed by atoms with Crippen LogP contribution in [0.15, 0.2) is 42.5 Å². The van der Waals surface area contributed by atoms with Crippen molar-refractivity contribution < 1.29 is 19.0 Å². The van der Waals surface area contributed by atoms with E-state index in [1.807, 2.05) is 26.0 Å². The van der Waals surface area contributed by atoms with Crippen molar-refractivity contribution in [1.29, 1.82) is 0 Å². The lowest BCUT2D eigenvalue weighted by Crippen LogP contribution is -2.29. The summed E-state index contributed by atoms with van der Waals surface area (Å²) in [6.07, 6.45) is -0.819. The third-order valence-electron chi connectivity index (χ3n) is 3.37. The summed E-state index contributed by atoms with van der Waals surface area (Å²) in [6, 6.07) is 11.2. The third kappa shape index (κ3) is 4.05. The zero-order valence-corrected chi connectivity index (χ0v) is 12.0. The highest BCUT2D eigenvalue weighted by Gasteiger charge is 2.20. The van der Waals surface area contributed by atoms with Gasteiger partial charge < -0.3 is 9.84 Å². The Kier molecular flexibility index (Phi) is 4.58. The zero-order chi connectivity index (χ0) is 15.4. The average molecular weight is 288 g/mol. The van der Waals surface area contributed by atoms with Crippen molar-refractivity contribution in [1.82, 2.24) is 0 Å². The second-order valence-electron chi connectivity index (χ2n) is 5.02. The molecule has 0 amide bonds. The molecule has 0 fully saturated rings. The van der Waals surface area contributed by atoms with Crippen LogP contribution in [0, 0.1) is 19.7 Å². The molecule has 110 valence electrons. The Hall–Kier alpha value is -2.36. The highest BCUT2D eigenvalue weighted by molar-refractivity contribution is 5.73. The Labute approximate surface area is 123 Å². The highest BCUT2D eigenvalue weighted by Crippen LogP contribution is 2.19. The van der Waals surface area contributed by atoms with Gasteiger partial charge in [0.25, 0.3) is 0 Å². The third-order valence-corrected chi connectivity index (χ3v) is 3.37. The fraction of sp³-hybridized carbons (Fsp3) is 0.235. The van der Waals surface area contributed by atoms with E-state index in [1.54, 1.807) is 18.2 Å². The first kappa shape index (κ1) is 15.0. The zero-order valence-electron chi connectivity index (χ0n) is 12.0. The Morgan fingerprint density at radius 2 is 1.81 bits per heavy atom. The van der Waals surface area contributed by atoms with Crippen molar-refractivity contribution in [2.45, 2.75) is 26.4 Å². The van der Waals surface area contributed by atoms with Gasteiger partial charge in [-0.15, -0.1) is 0 Å². The van der Waals surface area contributed by atoms with E-state index >= 15 is 0 Å². The number of aliphatic carboxylic acids is 1. The molecule has 0 aliphatic carbocycles. The number of aryl methyl sites for hydroxylation is 2. The molecule has 0 radical (unpaired) electrons. The fourth-order valence-corrected chi connectivity index (χ4v) is 1.97. The van der Waals surface area contributed by atoms with Crippen molar-refractivity contribution in [3.05, 3.63) is 65.0 Å². The normalized spacial score (nSPS) is 12.0. The number of carboxylic acid groups (broad SMARTS) is 1. The van der Waals surface area contributed by atoms with E-state index in [1.165, 1.54) is 12.1 Å². The van der Waals surface area contributed by atoms with Gasteiger partial charge in [0.1, 0.15) is 11.6 Å². The van der Waals surface area contributed by atoms with Crippen LogP contribution in [0.3, 0.4) is 0 Å². The Balaban J connectivity index is 2.13. The van der Waals surface area contributed by atoms with Crippen LogP contribution in [0.5, 0.6) is 5.75 Å². The first-order chi connectivity index (χ1) is 9.95. The van der Waals surface area contributed by atoms with Crippen LogP contribution in [0.4, 0.5) is 4.39 Å². The summed E-state index contributed by atoms with van der Waals surface area (Å²) in [5.74, 6) is -0.870. The molecule has 4 heteroatoms. The topological polar surface area (TPSA) is 46.5 Å². The lowest BCUT2D eigenvalue weighted by molar-refractivity contribution is -0.145. The van der Waals surface area contributed by atoms with E-state index in [9.17, 15) is 14.3 Å². The molecule has 0 spiro atoms. The standard InChI is InChI=1S/C17H17FO3/c1-11-3-8-15(9-12(11)2)21-16(17(19)20)10-13-4-6-14(18)7-5-13/h3-9,16H,10H2,1-2H3,(H,19,20)/t16-/m1/s1. The maximum atomic E-state index is 12.9. The largest absolute Gasteiger partial charge is 0.478 e. The van der Waals surface area contributed by atoms with Crippen LogP contribution in [0.2, 0.25) is 0 Å². The monoisotopic (exact) mass is 288 g/mol. The van der Waals surface area contributed by atoms with Crippen LogP contribution in [-0.2, 0) is 11.2 Å². The molecule has 0 heterocycles. The minimum Gasteiger partial charge on any atom is -0.478 e. The molecule has 21 heavy (non-hydrogen) atoms. The van der Waals surface area contributed by atoms with Gasteiger partial charge in [0.2, 0.25) is 0 Å². The summed E-state index contributed by atoms with van der Waals surface area (Å²) in [5, 5.41) is 9.28. The highest BCUT2D eigenvalue weighted by atomic mass is 19.1. The second-order valence-corrected chi connectivity index (χ2v) is 5.02. The van der Waals surface area contributed by atoms with E-state index in [4.69, 9.17) is 4.74 Å². The molecule has 2 aromatic rings. The molecule has 0 saturated carbocycles. The quantitative estimate of drug-likeness (QED) is 0.915. The van der Waals surface area contributed by atoms with Crippen molar-refractivity contribution in [2.24, 2.45) is 0 Å². The summed E-state index contributed by atoms with van der Waals surface area (Å²) in [7, 11) is 0. The minimum absolute atomic E-state index is 0.183. The molecule has 2 aromatic carbocycles. The van der Waals surface area contributed by atoms with Crippen molar-refractivity contribution >= 4 is 5.97 Å². The molecule has 0 aliphatic heterocycles. The summed E-state index contributed by atoms with van der Waals surface area (Å²) >= 11 is 0. The summed E-state index contributed by atoms with van der Waals surface area (Å²) in [4.78, 5) is 11.3. The van der Waals surface area contributed by atoms with E-state index in [2.05, 4.69) is 0 Å². The van der Waals surface area contributed by atoms with Gasteiger partial charge in [-0.25, -0.2) is 9.18 Å². The van der Waals surface area contributed by atoms with E-state index in [0.717, 1.165) is 11.1 Å². The van der Waals surface area contributed by atoms with E-state index in [0.29, 0.717) is 11.3 Å². The number of ether oxygens (including phenoxy) is 1. The van der Waals surface area contributed by atoms with Gasteiger partial charge in [0.15, 0.2) is 6.10 Å². The molecule has 1 N–H and O–H groups in total. The Morgan fingerprint density at radius 3 is 2.38 bits per heavy atom. The molecule has 0 unspecified atom stereocenters. The van der Waals surface area contributed by atoms with Crippen LogP contribution in [0.1, 0.15) is 16.7 Å². The lowest BCUT2D eigenvalue weighted by Gasteiger charge is -2.16. The minimum atomic E-state index is -1.04. The molecule has 2 rings (SSSR count). The van der Waals surface area contributed by atoms with Crippen LogP contribution in [-0.4, -0.2) is 17.2 Å². The van der Waals surface area contributed by atoms with Gasteiger partial charge in [-0.2, -0.15) is 0 Å². The molecular formula is C17H17FO3. The van der Waals surface area contributed by atoms with E-state index in [-0.39, 0.29) is 12.2 Å². The molecule has 3 nitrogen and oxygen atoms in total. The SMILES string of the molecule is Cc1ccc(O[C@H](Cc2ccc(F)cc2)C(=O)O)cc1C. The first-order valence-electron chi connectivity index (χ1n) is 6.67. The van der Waals surface area contributed by atoms with Crippen LogP contribution in [0.25, 0.3) is 0 Å². The Bertz CT molecular complexity index is 635. The van der Waals surface area contributed by atoms with Gasteiger partial charge in [-0.05, 0) is 54.8 Å². The van der Waals surface area contributed by atoms with Gasteiger partial charge in [-0.3, -0.25) is 0 Å². The van der Waals surface area contributed by atoms with Crippen LogP contribution < -0.4 is 4.74 Å². The molecule has 0 aromatic heterocycles. The number of rotatable bonds is 5. The molecular weight excluding hydrogens is 271 g/mol. The predicted octanol–water partition coefficient (Wildman–Crippen LogP) is 3.52. The van der Waals surface area contributed by atoms with Gasteiger partial charge in [0.05, 0.1) is 0 Å². The maximum Gasteiger partial charge on any atom is 0.345 e. The number of hydrogen-bond acceptors (Lipinski definition) is 2. The molecule has 0 saturated heterocycles. The maximum absolute atomic E-state index is 12.9.